The Morgan fingerprint density at radius 1 is 1.08 bits per heavy atom. The van der Waals surface area contributed by atoms with Gasteiger partial charge in [-0.25, -0.2) is 9.97 Å². The van der Waals surface area contributed by atoms with Crippen LogP contribution in [0.15, 0.2) is 66.0 Å². The number of fused-ring (bicyclic) bond motifs is 1. The van der Waals surface area contributed by atoms with Gasteiger partial charge in [-0.05, 0) is 79.0 Å². The number of pyridine rings is 1. The Labute approximate surface area is 224 Å². The van der Waals surface area contributed by atoms with Crippen molar-refractivity contribution in [1.82, 2.24) is 30.6 Å². The van der Waals surface area contributed by atoms with E-state index < -0.39 is 0 Å². The summed E-state index contributed by atoms with van der Waals surface area (Å²) in [5, 5.41) is 6.75. The molecular weight excluding hydrogens is 498 g/mol. The van der Waals surface area contributed by atoms with Crippen molar-refractivity contribution in [2.45, 2.75) is 19.4 Å². The van der Waals surface area contributed by atoms with Gasteiger partial charge in [0, 0.05) is 54.7 Å². The van der Waals surface area contributed by atoms with E-state index in [0.717, 1.165) is 67.6 Å². The van der Waals surface area contributed by atoms with Crippen LogP contribution in [0.25, 0.3) is 28.2 Å². The highest BCUT2D eigenvalue weighted by molar-refractivity contribution is 8.18. The number of aromatic nitrogens is 4. The van der Waals surface area contributed by atoms with Crippen molar-refractivity contribution in [3.63, 3.8) is 0 Å². The fourth-order valence-corrected chi connectivity index (χ4v) is 5.61. The van der Waals surface area contributed by atoms with E-state index in [0.29, 0.717) is 22.5 Å². The minimum absolute atomic E-state index is 0.353. The normalized spacial score (nSPS) is 17.5. The first-order chi connectivity index (χ1) is 18.6. The van der Waals surface area contributed by atoms with Crippen LogP contribution in [-0.4, -0.2) is 50.7 Å². The summed E-state index contributed by atoms with van der Waals surface area (Å²) in [5.74, 6) is 0.839. The van der Waals surface area contributed by atoms with E-state index in [2.05, 4.69) is 65.8 Å². The van der Waals surface area contributed by atoms with Crippen LogP contribution < -0.4 is 15.5 Å². The van der Waals surface area contributed by atoms with Crippen LogP contribution in [0.5, 0.6) is 0 Å². The summed E-state index contributed by atoms with van der Waals surface area (Å²) in [6.07, 6.45) is 9.22. The smallest absolute Gasteiger partial charge is 0.290 e. The summed E-state index contributed by atoms with van der Waals surface area (Å²) in [6, 6.07) is 14.4. The summed E-state index contributed by atoms with van der Waals surface area (Å²) < 4.78 is 0. The average molecular weight is 526 g/mol. The molecule has 4 aromatic rings. The molecule has 3 aromatic heterocycles. The molecule has 0 bridgehead atoms. The van der Waals surface area contributed by atoms with Crippen molar-refractivity contribution in [3.05, 3.63) is 77.2 Å². The average Bonchev–Trinajstić information content (AvgIpc) is 3.54. The summed E-state index contributed by atoms with van der Waals surface area (Å²) in [4.78, 5) is 42.8. The minimum atomic E-state index is -0.381. The third kappa shape index (κ3) is 5.32. The van der Waals surface area contributed by atoms with Crippen molar-refractivity contribution in [3.8, 4) is 11.3 Å². The number of hydrogen-bond acceptors (Lipinski definition) is 8. The zero-order chi connectivity index (χ0) is 25.9. The van der Waals surface area contributed by atoms with Crippen LogP contribution in [0.4, 0.5) is 10.7 Å². The highest BCUT2D eigenvalue weighted by atomic mass is 32.2. The Morgan fingerprint density at radius 3 is 2.82 bits per heavy atom. The molecular formula is C28H27N7O2S. The number of anilines is 1. The van der Waals surface area contributed by atoms with E-state index in [1.807, 2.05) is 18.5 Å². The van der Waals surface area contributed by atoms with Crippen LogP contribution >= 0.6 is 11.8 Å². The summed E-state index contributed by atoms with van der Waals surface area (Å²) in [5.41, 5.74) is 5.08. The van der Waals surface area contributed by atoms with E-state index in [9.17, 15) is 9.59 Å². The number of nitrogens with one attached hydrogen (secondary N) is 3. The van der Waals surface area contributed by atoms with Gasteiger partial charge in [0.1, 0.15) is 0 Å². The lowest BCUT2D eigenvalue weighted by Crippen LogP contribution is -2.38. The number of thioether (sulfide) groups is 1. The molecule has 6 rings (SSSR count). The summed E-state index contributed by atoms with van der Waals surface area (Å²) in [6.45, 7) is 3.44. The third-order valence-electron chi connectivity index (χ3n) is 6.95. The number of rotatable bonds is 7. The molecule has 1 aromatic carbocycles. The standard InChI is InChI=1S/C28H27N7O2S/c36-26-24(38-28(37)34-26)15-22-6-11-32-27(33-22)35-12-7-18(8-13-35)16-29-17-21-2-1-9-31-25(21)20-3-4-23-19(14-20)5-10-30-23/h1-6,9-11,14-15,18,29-30H,7-8,12-13,16-17H2,(H,34,36,37)/b24-15-. The predicted octanol–water partition coefficient (Wildman–Crippen LogP) is 4.35. The molecule has 0 radical (unpaired) electrons. The van der Waals surface area contributed by atoms with Gasteiger partial charge in [-0.3, -0.25) is 19.9 Å². The Hall–Kier alpha value is -4.02. The van der Waals surface area contributed by atoms with Gasteiger partial charge in [-0.1, -0.05) is 12.1 Å². The van der Waals surface area contributed by atoms with Gasteiger partial charge in [-0.15, -0.1) is 0 Å². The monoisotopic (exact) mass is 525 g/mol. The van der Waals surface area contributed by atoms with Gasteiger partial charge in [-0.2, -0.15) is 0 Å². The maximum Gasteiger partial charge on any atom is 0.290 e. The Balaban J connectivity index is 1.03. The molecule has 38 heavy (non-hydrogen) atoms. The molecule has 0 atom stereocenters. The number of benzene rings is 1. The lowest BCUT2D eigenvalue weighted by Gasteiger charge is -2.32. The molecule has 0 saturated carbocycles. The predicted molar refractivity (Wildman–Crippen MR) is 149 cm³/mol. The molecule has 2 aliphatic rings. The summed E-state index contributed by atoms with van der Waals surface area (Å²) in [7, 11) is 0. The Kier molecular flexibility index (Phi) is 6.89. The Morgan fingerprint density at radius 2 is 1.97 bits per heavy atom. The van der Waals surface area contributed by atoms with Crippen molar-refractivity contribution >= 4 is 45.8 Å². The largest absolute Gasteiger partial charge is 0.361 e. The molecule has 10 heteroatoms. The van der Waals surface area contributed by atoms with Crippen molar-refractivity contribution in [2.24, 2.45) is 5.92 Å². The van der Waals surface area contributed by atoms with E-state index >= 15 is 0 Å². The molecule has 0 aliphatic carbocycles. The second-order valence-electron chi connectivity index (χ2n) is 9.49. The van der Waals surface area contributed by atoms with Crippen LogP contribution in [0.3, 0.4) is 0 Å². The van der Waals surface area contributed by atoms with Crippen LogP contribution in [0.2, 0.25) is 0 Å². The van der Waals surface area contributed by atoms with E-state index in [4.69, 9.17) is 0 Å². The maximum atomic E-state index is 11.8. The highest BCUT2D eigenvalue weighted by Gasteiger charge is 2.26. The number of amides is 2. The zero-order valence-corrected chi connectivity index (χ0v) is 21.5. The van der Waals surface area contributed by atoms with Crippen LogP contribution in [0.1, 0.15) is 24.1 Å². The van der Waals surface area contributed by atoms with E-state index in [1.165, 1.54) is 10.9 Å². The lowest BCUT2D eigenvalue weighted by molar-refractivity contribution is -0.115. The van der Waals surface area contributed by atoms with E-state index in [1.54, 1.807) is 18.3 Å². The molecule has 0 unspecified atom stereocenters. The number of aromatic amines is 1. The molecule has 0 spiro atoms. The highest BCUT2D eigenvalue weighted by Crippen LogP contribution is 2.27. The van der Waals surface area contributed by atoms with Crippen molar-refractivity contribution in [2.75, 3.05) is 24.5 Å². The topological polar surface area (TPSA) is 116 Å². The van der Waals surface area contributed by atoms with Crippen LogP contribution in [-0.2, 0) is 11.3 Å². The second-order valence-corrected chi connectivity index (χ2v) is 10.5. The molecule has 192 valence electrons. The van der Waals surface area contributed by atoms with Gasteiger partial charge >= 0.3 is 0 Å². The van der Waals surface area contributed by atoms with Crippen molar-refractivity contribution in [1.29, 1.82) is 0 Å². The van der Waals surface area contributed by atoms with Gasteiger partial charge in [0.05, 0.1) is 16.3 Å². The molecule has 2 fully saturated rings. The molecule has 2 amide bonds. The molecule has 3 N–H and O–H groups in total. The lowest BCUT2D eigenvalue weighted by atomic mass is 9.96. The first-order valence-corrected chi connectivity index (χ1v) is 13.5. The van der Waals surface area contributed by atoms with E-state index in [-0.39, 0.29) is 11.1 Å². The number of H-pyrrole nitrogens is 1. The Bertz CT molecular complexity index is 1520. The number of imide groups is 1. The third-order valence-corrected chi connectivity index (χ3v) is 7.76. The second kappa shape index (κ2) is 10.8. The molecule has 2 aliphatic heterocycles. The van der Waals surface area contributed by atoms with Gasteiger partial charge < -0.3 is 15.2 Å². The number of carbonyl (C=O) groups excluding carboxylic acids is 2. The van der Waals surface area contributed by atoms with Gasteiger partial charge in [0.15, 0.2) is 0 Å². The maximum absolute atomic E-state index is 11.8. The van der Waals surface area contributed by atoms with Crippen LogP contribution in [0, 0.1) is 5.92 Å². The number of hydrogen-bond donors (Lipinski definition) is 3. The molecule has 2 saturated heterocycles. The summed E-state index contributed by atoms with van der Waals surface area (Å²) >= 11 is 0.892. The minimum Gasteiger partial charge on any atom is -0.361 e. The first-order valence-electron chi connectivity index (χ1n) is 12.7. The quantitative estimate of drug-likeness (QED) is 0.305. The zero-order valence-electron chi connectivity index (χ0n) is 20.7. The number of carbonyl (C=O) groups is 2. The molecule has 5 heterocycles. The van der Waals surface area contributed by atoms with Gasteiger partial charge in [0.25, 0.3) is 11.1 Å². The SMILES string of the molecule is O=C1NC(=O)/C(=C/c2ccnc(N3CCC(CNCc4cccnc4-c4ccc5[nH]ccc5c4)CC3)n2)S1. The number of piperidine rings is 1. The fourth-order valence-electron chi connectivity index (χ4n) is 4.94. The number of nitrogens with zero attached hydrogens (tertiary/aromatic N) is 4. The first kappa shape index (κ1) is 24.3. The fraction of sp³-hybridized carbons (Fsp3) is 0.250. The van der Waals surface area contributed by atoms with Crippen molar-refractivity contribution < 1.29 is 9.59 Å². The molecule has 9 nitrogen and oxygen atoms in total. The van der Waals surface area contributed by atoms with Gasteiger partial charge in [0.2, 0.25) is 5.95 Å².